The van der Waals surface area contributed by atoms with Crippen molar-refractivity contribution >= 4 is 11.8 Å². The van der Waals surface area contributed by atoms with Gasteiger partial charge in [0.15, 0.2) is 0 Å². The molecule has 2 fully saturated rings. The predicted molar refractivity (Wildman–Crippen MR) is 64.4 cm³/mol. The highest BCUT2D eigenvalue weighted by atomic mass is 16.2. The van der Waals surface area contributed by atoms with E-state index in [1.165, 1.54) is 0 Å². The molecule has 96 valence electrons. The molecule has 0 aromatic carbocycles. The summed E-state index contributed by atoms with van der Waals surface area (Å²) in [6.45, 7) is 5.65. The first kappa shape index (κ1) is 12.4. The Morgan fingerprint density at radius 2 is 2.24 bits per heavy atom. The van der Waals surface area contributed by atoms with Crippen molar-refractivity contribution in [2.24, 2.45) is 0 Å². The SMILES string of the molecule is CC(C)N1CCC(NC(=O)C2CCCN2)C1=O. The van der Waals surface area contributed by atoms with Crippen LogP contribution in [-0.4, -0.2) is 47.9 Å². The summed E-state index contributed by atoms with van der Waals surface area (Å²) in [7, 11) is 0. The number of hydrogen-bond acceptors (Lipinski definition) is 3. The summed E-state index contributed by atoms with van der Waals surface area (Å²) in [4.78, 5) is 25.7. The number of amides is 2. The zero-order valence-electron chi connectivity index (χ0n) is 10.5. The van der Waals surface area contributed by atoms with E-state index in [0.717, 1.165) is 32.4 Å². The van der Waals surface area contributed by atoms with Crippen LogP contribution in [0.15, 0.2) is 0 Å². The molecule has 2 N–H and O–H groups in total. The molecule has 2 saturated heterocycles. The maximum atomic E-state index is 12.0. The average Bonchev–Trinajstić information content (AvgIpc) is 2.89. The molecule has 0 saturated carbocycles. The molecule has 2 rings (SSSR count). The summed E-state index contributed by atoms with van der Waals surface area (Å²) < 4.78 is 0. The van der Waals surface area contributed by atoms with Gasteiger partial charge in [-0.3, -0.25) is 9.59 Å². The summed E-state index contributed by atoms with van der Waals surface area (Å²) in [6, 6.07) is -0.197. The van der Waals surface area contributed by atoms with Gasteiger partial charge in [0.1, 0.15) is 6.04 Å². The van der Waals surface area contributed by atoms with Crippen LogP contribution in [0, 0.1) is 0 Å². The zero-order valence-corrected chi connectivity index (χ0v) is 10.5. The topological polar surface area (TPSA) is 61.4 Å². The highest BCUT2D eigenvalue weighted by Crippen LogP contribution is 2.15. The van der Waals surface area contributed by atoms with Crippen LogP contribution < -0.4 is 10.6 Å². The quantitative estimate of drug-likeness (QED) is 0.721. The van der Waals surface area contributed by atoms with Crippen molar-refractivity contribution in [3.63, 3.8) is 0 Å². The Kier molecular flexibility index (Phi) is 3.66. The number of carbonyl (C=O) groups is 2. The number of hydrogen-bond donors (Lipinski definition) is 2. The number of rotatable bonds is 3. The van der Waals surface area contributed by atoms with Gasteiger partial charge < -0.3 is 15.5 Å². The minimum absolute atomic E-state index is 0.0218. The fourth-order valence-corrected chi connectivity index (χ4v) is 2.53. The first-order chi connectivity index (χ1) is 8.09. The third-order valence-corrected chi connectivity index (χ3v) is 3.56. The molecular formula is C12H21N3O2. The molecule has 2 aliphatic heterocycles. The van der Waals surface area contributed by atoms with E-state index in [2.05, 4.69) is 10.6 Å². The van der Waals surface area contributed by atoms with E-state index in [4.69, 9.17) is 0 Å². The van der Waals surface area contributed by atoms with Crippen LogP contribution >= 0.6 is 0 Å². The lowest BCUT2D eigenvalue weighted by molar-refractivity contribution is -0.134. The van der Waals surface area contributed by atoms with Crippen molar-refractivity contribution in [3.05, 3.63) is 0 Å². The lowest BCUT2D eigenvalue weighted by atomic mass is 10.2. The van der Waals surface area contributed by atoms with Gasteiger partial charge in [-0.1, -0.05) is 0 Å². The van der Waals surface area contributed by atoms with Gasteiger partial charge in [0.2, 0.25) is 11.8 Å². The van der Waals surface area contributed by atoms with E-state index >= 15 is 0 Å². The standard InChI is InChI=1S/C12H21N3O2/c1-8(2)15-7-5-10(12(15)17)14-11(16)9-4-3-6-13-9/h8-10,13H,3-7H2,1-2H3,(H,14,16). The van der Waals surface area contributed by atoms with Gasteiger partial charge in [-0.25, -0.2) is 0 Å². The third kappa shape index (κ3) is 2.60. The second kappa shape index (κ2) is 5.04. The van der Waals surface area contributed by atoms with Gasteiger partial charge in [-0.15, -0.1) is 0 Å². The zero-order chi connectivity index (χ0) is 12.4. The molecule has 2 atom stereocenters. The minimum atomic E-state index is -0.313. The minimum Gasteiger partial charge on any atom is -0.343 e. The van der Waals surface area contributed by atoms with Crippen LogP contribution in [0.2, 0.25) is 0 Å². The molecular weight excluding hydrogens is 218 g/mol. The van der Waals surface area contributed by atoms with Crippen LogP contribution in [0.5, 0.6) is 0 Å². The molecule has 17 heavy (non-hydrogen) atoms. The molecule has 2 amide bonds. The normalized spacial score (nSPS) is 29.1. The van der Waals surface area contributed by atoms with Crippen molar-refractivity contribution in [1.82, 2.24) is 15.5 Å². The highest BCUT2D eigenvalue weighted by molar-refractivity contribution is 5.91. The second-order valence-corrected chi connectivity index (χ2v) is 5.12. The molecule has 2 unspecified atom stereocenters. The van der Waals surface area contributed by atoms with Crippen molar-refractivity contribution in [2.45, 2.75) is 51.2 Å². The summed E-state index contributed by atoms with van der Waals surface area (Å²) in [5.74, 6) is 0.0396. The summed E-state index contributed by atoms with van der Waals surface area (Å²) in [5, 5.41) is 6.00. The van der Waals surface area contributed by atoms with E-state index in [1.807, 2.05) is 18.7 Å². The van der Waals surface area contributed by atoms with Crippen LogP contribution in [0.3, 0.4) is 0 Å². The van der Waals surface area contributed by atoms with Crippen molar-refractivity contribution in [1.29, 1.82) is 0 Å². The number of nitrogens with one attached hydrogen (secondary N) is 2. The molecule has 2 aliphatic rings. The Balaban J connectivity index is 1.87. The molecule has 0 bridgehead atoms. The largest absolute Gasteiger partial charge is 0.343 e. The van der Waals surface area contributed by atoms with Crippen LogP contribution in [-0.2, 0) is 9.59 Å². The second-order valence-electron chi connectivity index (χ2n) is 5.12. The first-order valence-electron chi connectivity index (χ1n) is 6.44. The van der Waals surface area contributed by atoms with Crippen LogP contribution in [0.25, 0.3) is 0 Å². The van der Waals surface area contributed by atoms with E-state index in [-0.39, 0.29) is 29.9 Å². The van der Waals surface area contributed by atoms with Gasteiger partial charge >= 0.3 is 0 Å². The fourth-order valence-electron chi connectivity index (χ4n) is 2.53. The predicted octanol–water partition coefficient (Wildman–Crippen LogP) is -0.136. The fraction of sp³-hybridized carbons (Fsp3) is 0.833. The van der Waals surface area contributed by atoms with Gasteiger partial charge in [0, 0.05) is 12.6 Å². The maximum absolute atomic E-state index is 12.0. The Morgan fingerprint density at radius 1 is 1.47 bits per heavy atom. The average molecular weight is 239 g/mol. The van der Waals surface area contributed by atoms with Crippen LogP contribution in [0.1, 0.15) is 33.1 Å². The van der Waals surface area contributed by atoms with Gasteiger partial charge in [-0.2, -0.15) is 0 Å². The molecule has 5 nitrogen and oxygen atoms in total. The molecule has 0 aromatic rings. The molecule has 0 spiro atoms. The lowest BCUT2D eigenvalue weighted by Gasteiger charge is -2.21. The van der Waals surface area contributed by atoms with E-state index in [1.54, 1.807) is 0 Å². The van der Waals surface area contributed by atoms with Crippen molar-refractivity contribution in [3.8, 4) is 0 Å². The highest BCUT2D eigenvalue weighted by Gasteiger charge is 2.35. The number of nitrogens with zero attached hydrogens (tertiary/aromatic N) is 1. The van der Waals surface area contributed by atoms with E-state index in [0.29, 0.717) is 0 Å². The van der Waals surface area contributed by atoms with Gasteiger partial charge in [0.25, 0.3) is 0 Å². The first-order valence-corrected chi connectivity index (χ1v) is 6.44. The molecule has 0 aliphatic carbocycles. The lowest BCUT2D eigenvalue weighted by Crippen LogP contribution is -2.48. The Labute approximate surface area is 102 Å². The van der Waals surface area contributed by atoms with Crippen molar-refractivity contribution < 1.29 is 9.59 Å². The van der Waals surface area contributed by atoms with E-state index < -0.39 is 0 Å². The smallest absolute Gasteiger partial charge is 0.245 e. The van der Waals surface area contributed by atoms with Gasteiger partial charge in [0.05, 0.1) is 6.04 Å². The summed E-state index contributed by atoms with van der Waals surface area (Å²) in [5.41, 5.74) is 0. The van der Waals surface area contributed by atoms with Crippen LogP contribution in [0.4, 0.5) is 0 Å². The van der Waals surface area contributed by atoms with Crippen molar-refractivity contribution in [2.75, 3.05) is 13.1 Å². The van der Waals surface area contributed by atoms with E-state index in [9.17, 15) is 9.59 Å². The molecule has 5 heteroatoms. The Hall–Kier alpha value is -1.10. The van der Waals surface area contributed by atoms with Gasteiger partial charge in [-0.05, 0) is 39.7 Å². The number of likely N-dealkylation sites (tertiary alicyclic amines) is 1. The number of carbonyl (C=O) groups excluding carboxylic acids is 2. The summed E-state index contributed by atoms with van der Waals surface area (Å²) in [6.07, 6.45) is 2.64. The molecule has 0 radical (unpaired) electrons. The molecule has 0 aromatic heterocycles. The summed E-state index contributed by atoms with van der Waals surface area (Å²) >= 11 is 0. The Bertz CT molecular complexity index is 311. The Morgan fingerprint density at radius 3 is 2.76 bits per heavy atom. The monoisotopic (exact) mass is 239 g/mol. The molecule has 2 heterocycles. The third-order valence-electron chi connectivity index (χ3n) is 3.56. The maximum Gasteiger partial charge on any atom is 0.245 e.